The monoisotopic (exact) mass is 380 g/mol. The van der Waals surface area contributed by atoms with Gasteiger partial charge in [0.15, 0.2) is 0 Å². The number of benzene rings is 1. The summed E-state index contributed by atoms with van der Waals surface area (Å²) in [7, 11) is 0. The highest BCUT2D eigenvalue weighted by Gasteiger charge is 2.47. The van der Waals surface area contributed by atoms with E-state index in [4.69, 9.17) is 0 Å². The number of alkyl halides is 9. The van der Waals surface area contributed by atoms with Gasteiger partial charge in [0.05, 0.1) is 11.1 Å². The van der Waals surface area contributed by atoms with Crippen LogP contribution in [0.15, 0.2) is 18.2 Å². The molecule has 1 aliphatic rings. The topological polar surface area (TPSA) is 15.3 Å². The average molecular weight is 380 g/mol. The molecule has 142 valence electrons. The van der Waals surface area contributed by atoms with Crippen molar-refractivity contribution in [2.45, 2.75) is 24.6 Å². The molecule has 0 radical (unpaired) electrons. The number of hydrogen-bond acceptors (Lipinski definition) is 2. The minimum absolute atomic E-state index is 0.134. The fourth-order valence-electron chi connectivity index (χ4n) is 2.68. The summed E-state index contributed by atoms with van der Waals surface area (Å²) < 4.78 is 117. The Morgan fingerprint density at radius 2 is 1.20 bits per heavy atom. The second kappa shape index (κ2) is 6.67. The summed E-state index contributed by atoms with van der Waals surface area (Å²) in [4.78, 5) is 0.826. The molecule has 1 fully saturated rings. The van der Waals surface area contributed by atoms with E-state index in [1.807, 2.05) is 0 Å². The largest absolute Gasteiger partial charge is 0.416 e. The Labute approximate surface area is 136 Å². The van der Waals surface area contributed by atoms with Crippen molar-refractivity contribution in [3.05, 3.63) is 34.9 Å². The first-order chi connectivity index (χ1) is 11.3. The molecule has 0 spiro atoms. The summed E-state index contributed by atoms with van der Waals surface area (Å²) in [5, 5.41) is 2.77. The molecular weight excluding hydrogens is 367 g/mol. The van der Waals surface area contributed by atoms with Crippen molar-refractivity contribution in [2.75, 3.05) is 26.2 Å². The Kier molecular flexibility index (Phi) is 5.29. The molecule has 1 saturated heterocycles. The molecular formula is C14H13F9N2. The van der Waals surface area contributed by atoms with Crippen molar-refractivity contribution in [1.82, 2.24) is 10.2 Å². The molecule has 25 heavy (non-hydrogen) atoms. The van der Waals surface area contributed by atoms with E-state index in [1.54, 1.807) is 0 Å². The number of halogens is 9. The molecule has 1 heterocycles. The number of nitrogens with one attached hydrogen (secondary N) is 1. The number of nitrogens with zero attached hydrogens (tertiary/aromatic N) is 1. The fraction of sp³-hybridized carbons (Fsp3) is 0.571. The third-order valence-corrected chi connectivity index (χ3v) is 3.75. The van der Waals surface area contributed by atoms with Crippen LogP contribution in [0.4, 0.5) is 39.5 Å². The molecule has 0 amide bonds. The highest BCUT2D eigenvalue weighted by molar-refractivity contribution is 5.36. The van der Waals surface area contributed by atoms with Gasteiger partial charge in [0.25, 0.3) is 0 Å². The van der Waals surface area contributed by atoms with Gasteiger partial charge in [-0.1, -0.05) is 0 Å². The smallest absolute Gasteiger partial charge is 0.314 e. The van der Waals surface area contributed by atoms with Crippen molar-refractivity contribution in [3.63, 3.8) is 0 Å². The van der Waals surface area contributed by atoms with Gasteiger partial charge in [0.1, 0.15) is 6.04 Å². The van der Waals surface area contributed by atoms with Crippen molar-refractivity contribution >= 4 is 0 Å². The van der Waals surface area contributed by atoms with Crippen LogP contribution in [0.3, 0.4) is 0 Å². The SMILES string of the molecule is FC(F)(F)c1cc([C@@H](N2CCNCC2)C(F)(F)F)cc(C(F)(F)F)c1. The van der Waals surface area contributed by atoms with Gasteiger partial charge in [-0.15, -0.1) is 0 Å². The molecule has 0 aliphatic carbocycles. The zero-order valence-corrected chi connectivity index (χ0v) is 12.5. The molecule has 1 aromatic carbocycles. The maximum Gasteiger partial charge on any atom is 0.416 e. The minimum Gasteiger partial charge on any atom is -0.314 e. The summed E-state index contributed by atoms with van der Waals surface area (Å²) in [5.74, 6) is 0. The van der Waals surface area contributed by atoms with Crippen LogP contribution < -0.4 is 5.32 Å². The average Bonchev–Trinajstić information content (AvgIpc) is 2.45. The van der Waals surface area contributed by atoms with Crippen LogP contribution in [0.2, 0.25) is 0 Å². The van der Waals surface area contributed by atoms with Crippen LogP contribution in [0.5, 0.6) is 0 Å². The molecule has 0 unspecified atom stereocenters. The molecule has 11 heteroatoms. The molecule has 0 bridgehead atoms. The molecule has 1 aliphatic heterocycles. The van der Waals surface area contributed by atoms with Crippen LogP contribution in [-0.2, 0) is 12.4 Å². The predicted octanol–water partition coefficient (Wildman–Crippen LogP) is 4.23. The predicted molar refractivity (Wildman–Crippen MR) is 69.7 cm³/mol. The summed E-state index contributed by atoms with van der Waals surface area (Å²) in [5.41, 5.74) is -4.60. The summed E-state index contributed by atoms with van der Waals surface area (Å²) in [6.45, 7) is -0.00111. The van der Waals surface area contributed by atoms with E-state index >= 15 is 0 Å². The first-order valence-electron chi connectivity index (χ1n) is 7.11. The summed E-state index contributed by atoms with van der Waals surface area (Å²) >= 11 is 0. The zero-order chi connectivity index (χ0) is 19.0. The Hall–Kier alpha value is -1.49. The Morgan fingerprint density at radius 1 is 0.760 bits per heavy atom. The lowest BCUT2D eigenvalue weighted by molar-refractivity contribution is -0.188. The molecule has 2 rings (SSSR count). The Balaban J connectivity index is 2.59. The van der Waals surface area contributed by atoms with E-state index in [0.717, 1.165) is 4.90 Å². The Morgan fingerprint density at radius 3 is 1.56 bits per heavy atom. The molecule has 1 atom stereocenters. The molecule has 2 nitrogen and oxygen atoms in total. The molecule has 0 saturated carbocycles. The van der Waals surface area contributed by atoms with Gasteiger partial charge in [-0.05, 0) is 23.8 Å². The highest BCUT2D eigenvalue weighted by atomic mass is 19.4. The van der Waals surface area contributed by atoms with Crippen LogP contribution in [-0.4, -0.2) is 37.3 Å². The first kappa shape index (κ1) is 19.8. The van der Waals surface area contributed by atoms with Crippen LogP contribution in [0.25, 0.3) is 0 Å². The van der Waals surface area contributed by atoms with Crippen LogP contribution in [0, 0.1) is 0 Å². The lowest BCUT2D eigenvalue weighted by atomic mass is 9.97. The van der Waals surface area contributed by atoms with E-state index < -0.39 is 41.3 Å². The van der Waals surface area contributed by atoms with E-state index in [2.05, 4.69) is 5.32 Å². The standard InChI is InChI=1S/C14H13F9N2/c15-12(16,17)9-5-8(6-10(7-9)13(18,19)20)11(14(21,22)23)25-3-1-24-2-4-25/h5-7,11,24H,1-4H2/t11-/m1/s1. The Bertz CT molecular complexity index is 566. The minimum atomic E-state index is -5.20. The van der Waals surface area contributed by atoms with Gasteiger partial charge in [-0.2, -0.15) is 39.5 Å². The van der Waals surface area contributed by atoms with Gasteiger partial charge in [0, 0.05) is 26.2 Å². The number of piperazine rings is 1. The van der Waals surface area contributed by atoms with Gasteiger partial charge < -0.3 is 5.32 Å². The first-order valence-corrected chi connectivity index (χ1v) is 7.11. The molecule has 1 aromatic rings. The third-order valence-electron chi connectivity index (χ3n) is 3.75. The van der Waals surface area contributed by atoms with Gasteiger partial charge in [-0.3, -0.25) is 4.90 Å². The van der Waals surface area contributed by atoms with Crippen molar-refractivity contribution in [1.29, 1.82) is 0 Å². The summed E-state index contributed by atoms with van der Waals surface area (Å²) in [6.07, 6.45) is -15.4. The fourth-order valence-corrected chi connectivity index (χ4v) is 2.68. The normalized spacial score (nSPS) is 19.1. The summed E-state index contributed by atoms with van der Waals surface area (Å²) in [6, 6.07) is -2.46. The second-order valence-electron chi connectivity index (χ2n) is 5.57. The zero-order valence-electron chi connectivity index (χ0n) is 12.5. The van der Waals surface area contributed by atoms with E-state index in [0.29, 0.717) is 0 Å². The quantitative estimate of drug-likeness (QED) is 0.773. The molecule has 0 aromatic heterocycles. The van der Waals surface area contributed by atoms with Gasteiger partial charge in [-0.25, -0.2) is 0 Å². The van der Waals surface area contributed by atoms with E-state index in [9.17, 15) is 39.5 Å². The van der Waals surface area contributed by atoms with Crippen LogP contribution in [0.1, 0.15) is 22.7 Å². The molecule has 1 N–H and O–H groups in total. The lowest BCUT2D eigenvalue weighted by Crippen LogP contribution is -2.49. The number of hydrogen-bond donors (Lipinski definition) is 1. The van der Waals surface area contributed by atoms with E-state index in [-0.39, 0.29) is 44.4 Å². The van der Waals surface area contributed by atoms with Crippen molar-refractivity contribution in [2.24, 2.45) is 0 Å². The maximum atomic E-state index is 13.4. The highest BCUT2D eigenvalue weighted by Crippen LogP contribution is 2.43. The van der Waals surface area contributed by atoms with E-state index in [1.165, 1.54) is 0 Å². The van der Waals surface area contributed by atoms with Gasteiger partial charge >= 0.3 is 18.5 Å². The second-order valence-corrected chi connectivity index (χ2v) is 5.57. The van der Waals surface area contributed by atoms with Gasteiger partial charge in [0.2, 0.25) is 0 Å². The number of rotatable bonds is 2. The third kappa shape index (κ3) is 4.78. The maximum absolute atomic E-state index is 13.4. The lowest BCUT2D eigenvalue weighted by Gasteiger charge is -2.36. The van der Waals surface area contributed by atoms with Crippen molar-refractivity contribution < 1.29 is 39.5 Å². The van der Waals surface area contributed by atoms with Crippen molar-refractivity contribution in [3.8, 4) is 0 Å². The van der Waals surface area contributed by atoms with Crippen LogP contribution >= 0.6 is 0 Å².